The number of amides is 1. The summed E-state index contributed by atoms with van der Waals surface area (Å²) in [6, 6.07) is 16.4. The van der Waals surface area contributed by atoms with E-state index in [-0.39, 0.29) is 11.8 Å². The minimum Gasteiger partial charge on any atom is -0.497 e. The number of para-hydroxylation sites is 1. The second-order valence-corrected chi connectivity index (χ2v) is 8.40. The molecule has 1 amide bonds. The zero-order valence-electron chi connectivity index (χ0n) is 18.1. The Morgan fingerprint density at radius 3 is 2.84 bits per heavy atom. The second kappa shape index (κ2) is 9.98. The fourth-order valence-electron chi connectivity index (χ4n) is 4.59. The van der Waals surface area contributed by atoms with E-state index in [2.05, 4.69) is 45.7 Å². The summed E-state index contributed by atoms with van der Waals surface area (Å²) in [4.78, 5) is 18.4. The van der Waals surface area contributed by atoms with Crippen LogP contribution in [0.4, 0.5) is 0 Å². The Morgan fingerprint density at radius 2 is 2.06 bits per heavy atom. The molecule has 6 nitrogen and oxygen atoms in total. The summed E-state index contributed by atoms with van der Waals surface area (Å²) in [6.07, 6.45) is 4.33. The minimum absolute atomic E-state index is 0.0455. The Labute approximate surface area is 183 Å². The third-order valence-electron chi connectivity index (χ3n) is 6.32. The molecule has 2 heterocycles. The maximum Gasteiger partial charge on any atom is 0.234 e. The maximum absolute atomic E-state index is 12.8. The molecule has 4 N–H and O–H groups in total. The first-order valence-electron chi connectivity index (χ1n) is 11.1. The summed E-state index contributed by atoms with van der Waals surface area (Å²) in [5, 5.41) is 4.37. The van der Waals surface area contributed by atoms with Crippen LogP contribution in [-0.4, -0.2) is 55.6 Å². The van der Waals surface area contributed by atoms with Gasteiger partial charge in [0.05, 0.1) is 13.7 Å². The van der Waals surface area contributed by atoms with Crippen molar-refractivity contribution in [3.63, 3.8) is 0 Å². The molecule has 1 aliphatic rings. The fraction of sp³-hybridized carbons (Fsp3) is 0.400. The van der Waals surface area contributed by atoms with E-state index in [1.165, 1.54) is 10.9 Å². The van der Waals surface area contributed by atoms with Gasteiger partial charge in [0.15, 0.2) is 0 Å². The van der Waals surface area contributed by atoms with Crippen LogP contribution in [0.1, 0.15) is 29.9 Å². The van der Waals surface area contributed by atoms with Gasteiger partial charge in [0.2, 0.25) is 5.91 Å². The van der Waals surface area contributed by atoms with Gasteiger partial charge < -0.3 is 20.8 Å². The number of nitrogens with one attached hydrogen (secondary N) is 2. The van der Waals surface area contributed by atoms with E-state index >= 15 is 0 Å². The first kappa shape index (κ1) is 21.4. The number of fused-ring (bicyclic) bond motifs is 1. The number of ether oxygens (including phenoxy) is 1. The van der Waals surface area contributed by atoms with E-state index < -0.39 is 0 Å². The SMILES string of the molecule is COc1ccc(C(CNC(=O)CN2CCCC(CN)C2)c2c[nH]c3ccccc23)cc1. The fourth-order valence-corrected chi connectivity index (χ4v) is 4.59. The molecule has 4 rings (SSSR count). The molecule has 2 atom stereocenters. The van der Waals surface area contributed by atoms with Crippen LogP contribution in [0.3, 0.4) is 0 Å². The van der Waals surface area contributed by atoms with Gasteiger partial charge in [-0.25, -0.2) is 0 Å². The van der Waals surface area contributed by atoms with Crippen molar-refractivity contribution in [2.75, 3.05) is 39.8 Å². The molecule has 0 radical (unpaired) electrons. The van der Waals surface area contributed by atoms with Crippen LogP contribution in [0.25, 0.3) is 10.9 Å². The average molecular weight is 421 g/mol. The molecule has 0 aliphatic carbocycles. The van der Waals surface area contributed by atoms with E-state index in [0.717, 1.165) is 42.8 Å². The molecule has 2 aromatic carbocycles. The number of carbonyl (C=O) groups excluding carboxylic acids is 1. The Bertz CT molecular complexity index is 998. The standard InChI is InChI=1S/C25H32N4O2/c1-31-20-10-8-19(9-11-20)22(23-15-27-24-7-3-2-6-21(23)24)14-28-25(30)17-29-12-4-5-18(13-26)16-29/h2-3,6-11,15,18,22,27H,4-5,12-14,16-17,26H2,1H3,(H,28,30). The highest BCUT2D eigenvalue weighted by atomic mass is 16.5. The number of hydrogen-bond acceptors (Lipinski definition) is 4. The predicted octanol–water partition coefficient (Wildman–Crippen LogP) is 3.10. The third kappa shape index (κ3) is 5.09. The van der Waals surface area contributed by atoms with Gasteiger partial charge in [-0.15, -0.1) is 0 Å². The van der Waals surface area contributed by atoms with Crippen LogP contribution < -0.4 is 15.8 Å². The largest absolute Gasteiger partial charge is 0.497 e. The lowest BCUT2D eigenvalue weighted by Gasteiger charge is -2.31. The van der Waals surface area contributed by atoms with Gasteiger partial charge >= 0.3 is 0 Å². The molecule has 0 saturated carbocycles. The van der Waals surface area contributed by atoms with Gasteiger partial charge in [0.1, 0.15) is 5.75 Å². The molecule has 1 aliphatic heterocycles. The Morgan fingerprint density at radius 1 is 1.26 bits per heavy atom. The summed E-state index contributed by atoms with van der Waals surface area (Å²) < 4.78 is 5.32. The minimum atomic E-state index is 0.0455. The normalized spacial score (nSPS) is 18.1. The zero-order chi connectivity index (χ0) is 21.6. The highest BCUT2D eigenvalue weighted by Crippen LogP contribution is 2.31. The van der Waals surface area contributed by atoms with E-state index in [9.17, 15) is 4.79 Å². The molecule has 0 bridgehead atoms. The van der Waals surface area contributed by atoms with Crippen molar-refractivity contribution in [2.45, 2.75) is 18.8 Å². The van der Waals surface area contributed by atoms with E-state index in [1.54, 1.807) is 7.11 Å². The molecule has 31 heavy (non-hydrogen) atoms. The van der Waals surface area contributed by atoms with Gasteiger partial charge in [0.25, 0.3) is 0 Å². The summed E-state index contributed by atoms with van der Waals surface area (Å²) in [5.41, 5.74) is 9.27. The van der Waals surface area contributed by atoms with E-state index in [4.69, 9.17) is 10.5 Å². The number of aromatic amines is 1. The second-order valence-electron chi connectivity index (χ2n) is 8.40. The van der Waals surface area contributed by atoms with Crippen LogP contribution in [0.2, 0.25) is 0 Å². The average Bonchev–Trinajstić information content (AvgIpc) is 3.24. The molecular formula is C25H32N4O2. The molecule has 1 aromatic heterocycles. The Balaban J connectivity index is 1.50. The number of nitrogens with zero attached hydrogens (tertiary/aromatic N) is 1. The quantitative estimate of drug-likeness (QED) is 0.523. The number of rotatable bonds is 8. The molecule has 3 aromatic rings. The highest BCUT2D eigenvalue weighted by molar-refractivity contribution is 5.84. The number of nitrogens with two attached hydrogens (primary N) is 1. The Hall–Kier alpha value is -2.83. The lowest BCUT2D eigenvalue weighted by atomic mass is 9.90. The van der Waals surface area contributed by atoms with Crippen LogP contribution in [-0.2, 0) is 4.79 Å². The number of H-pyrrole nitrogens is 1. The van der Waals surface area contributed by atoms with E-state index in [0.29, 0.717) is 25.6 Å². The van der Waals surface area contributed by atoms with Crippen molar-refractivity contribution in [3.8, 4) is 5.75 Å². The lowest BCUT2D eigenvalue weighted by molar-refractivity contribution is -0.122. The smallest absolute Gasteiger partial charge is 0.234 e. The van der Waals surface area contributed by atoms with Crippen molar-refractivity contribution in [1.82, 2.24) is 15.2 Å². The molecule has 0 spiro atoms. The summed E-state index contributed by atoms with van der Waals surface area (Å²) in [6.45, 7) is 3.54. The van der Waals surface area contributed by atoms with Crippen molar-refractivity contribution in [2.24, 2.45) is 11.7 Å². The molecule has 2 unspecified atom stereocenters. The molecule has 1 saturated heterocycles. The number of piperidine rings is 1. The number of carbonyl (C=O) groups is 1. The zero-order valence-corrected chi connectivity index (χ0v) is 18.1. The topological polar surface area (TPSA) is 83.4 Å². The molecule has 6 heteroatoms. The molecular weight excluding hydrogens is 388 g/mol. The predicted molar refractivity (Wildman–Crippen MR) is 124 cm³/mol. The van der Waals surface area contributed by atoms with Crippen molar-refractivity contribution < 1.29 is 9.53 Å². The number of methoxy groups -OCH3 is 1. The van der Waals surface area contributed by atoms with Gasteiger partial charge in [-0.05, 0) is 61.2 Å². The van der Waals surface area contributed by atoms with Gasteiger partial charge in [0, 0.05) is 36.1 Å². The number of hydrogen-bond donors (Lipinski definition) is 3. The van der Waals surface area contributed by atoms with Gasteiger partial charge in [-0.3, -0.25) is 9.69 Å². The maximum atomic E-state index is 12.8. The van der Waals surface area contributed by atoms with Gasteiger partial charge in [-0.2, -0.15) is 0 Å². The lowest BCUT2D eigenvalue weighted by Crippen LogP contribution is -2.44. The monoisotopic (exact) mass is 420 g/mol. The number of aromatic nitrogens is 1. The summed E-state index contributed by atoms with van der Waals surface area (Å²) in [5.74, 6) is 1.44. The molecule has 1 fully saturated rings. The first-order valence-corrected chi connectivity index (χ1v) is 11.1. The van der Waals surface area contributed by atoms with Crippen LogP contribution >= 0.6 is 0 Å². The third-order valence-corrected chi connectivity index (χ3v) is 6.32. The van der Waals surface area contributed by atoms with Crippen molar-refractivity contribution in [1.29, 1.82) is 0 Å². The van der Waals surface area contributed by atoms with Crippen LogP contribution in [0, 0.1) is 5.92 Å². The van der Waals surface area contributed by atoms with Crippen LogP contribution in [0.15, 0.2) is 54.7 Å². The summed E-state index contributed by atoms with van der Waals surface area (Å²) >= 11 is 0. The Kier molecular flexibility index (Phi) is 6.89. The summed E-state index contributed by atoms with van der Waals surface area (Å²) in [7, 11) is 1.67. The van der Waals surface area contributed by atoms with Gasteiger partial charge in [-0.1, -0.05) is 30.3 Å². The van der Waals surface area contributed by atoms with Crippen molar-refractivity contribution >= 4 is 16.8 Å². The van der Waals surface area contributed by atoms with Crippen LogP contribution in [0.5, 0.6) is 5.75 Å². The number of likely N-dealkylation sites (tertiary alicyclic amines) is 1. The van der Waals surface area contributed by atoms with Crippen molar-refractivity contribution in [3.05, 3.63) is 65.9 Å². The number of benzene rings is 2. The van der Waals surface area contributed by atoms with E-state index in [1.807, 2.05) is 24.3 Å². The molecule has 164 valence electrons. The first-order chi connectivity index (χ1) is 15.2. The highest BCUT2D eigenvalue weighted by Gasteiger charge is 2.22.